The maximum Gasteiger partial charge on any atom is 0.256 e. The van der Waals surface area contributed by atoms with Crippen molar-refractivity contribution in [1.29, 1.82) is 0 Å². The number of carbonyl (C=O) groups is 1. The van der Waals surface area contributed by atoms with Crippen molar-refractivity contribution in [1.82, 2.24) is 9.78 Å². The highest BCUT2D eigenvalue weighted by Crippen LogP contribution is 2.20. The third kappa shape index (κ3) is 4.81. The van der Waals surface area contributed by atoms with Crippen LogP contribution in [0.15, 0.2) is 36.5 Å². The summed E-state index contributed by atoms with van der Waals surface area (Å²) in [4.78, 5) is 12.4. The fourth-order valence-corrected chi connectivity index (χ4v) is 2.52. The zero-order chi connectivity index (χ0) is 15.9. The number of anilines is 1. The Morgan fingerprint density at radius 3 is 2.43 bits per heavy atom. The highest BCUT2D eigenvalue weighted by molar-refractivity contribution is 6.03. The van der Waals surface area contributed by atoms with Crippen molar-refractivity contribution in [2.24, 2.45) is 5.73 Å². The summed E-state index contributed by atoms with van der Waals surface area (Å²) in [5, 5.41) is 7.28. The van der Waals surface area contributed by atoms with Gasteiger partial charge in [0.25, 0.3) is 5.91 Å². The van der Waals surface area contributed by atoms with Gasteiger partial charge in [-0.15, -0.1) is 12.4 Å². The van der Waals surface area contributed by atoms with Gasteiger partial charge in [-0.2, -0.15) is 5.10 Å². The summed E-state index contributed by atoms with van der Waals surface area (Å²) in [7, 11) is 0. The van der Waals surface area contributed by atoms with Gasteiger partial charge in [0.2, 0.25) is 0 Å². The minimum absolute atomic E-state index is 0. The monoisotopic (exact) mass is 336 g/mol. The molecule has 126 valence electrons. The lowest BCUT2D eigenvalue weighted by Crippen LogP contribution is -2.18. The molecule has 0 atom stereocenters. The van der Waals surface area contributed by atoms with Crippen LogP contribution in [-0.4, -0.2) is 22.2 Å². The van der Waals surface area contributed by atoms with Crippen LogP contribution >= 0.6 is 12.4 Å². The molecule has 5 nitrogen and oxygen atoms in total. The predicted octanol–water partition coefficient (Wildman–Crippen LogP) is 3.42. The zero-order valence-corrected chi connectivity index (χ0v) is 14.5. The fraction of sp³-hybridized carbons (Fsp3) is 0.412. The fourth-order valence-electron chi connectivity index (χ4n) is 2.52. The molecule has 23 heavy (non-hydrogen) atoms. The number of benzene rings is 1. The topological polar surface area (TPSA) is 72.9 Å². The van der Waals surface area contributed by atoms with Crippen LogP contribution in [0.2, 0.25) is 0 Å². The number of aromatic nitrogens is 2. The summed E-state index contributed by atoms with van der Waals surface area (Å²) in [5.41, 5.74) is 7.31. The van der Waals surface area contributed by atoms with Crippen molar-refractivity contribution in [2.45, 2.75) is 39.2 Å². The number of carbonyl (C=O) groups excluding carboxylic acids is 1. The molecule has 1 aromatic heterocycles. The molecule has 3 N–H and O–H groups in total. The molecule has 0 aliphatic heterocycles. The number of hydrogen-bond acceptors (Lipinski definition) is 3. The molecular weight excluding hydrogens is 312 g/mol. The molecule has 6 heteroatoms. The van der Waals surface area contributed by atoms with E-state index in [-0.39, 0.29) is 18.3 Å². The van der Waals surface area contributed by atoms with Gasteiger partial charge in [0.15, 0.2) is 0 Å². The van der Waals surface area contributed by atoms with Crippen LogP contribution < -0.4 is 11.1 Å². The molecule has 0 spiro atoms. The Morgan fingerprint density at radius 2 is 1.87 bits per heavy atom. The minimum atomic E-state index is -0.119. The number of amides is 1. The van der Waals surface area contributed by atoms with E-state index < -0.39 is 0 Å². The smallest absolute Gasteiger partial charge is 0.256 e. The van der Waals surface area contributed by atoms with Crippen LogP contribution in [0.1, 0.15) is 48.7 Å². The second kappa shape index (κ2) is 9.33. The average molecular weight is 337 g/mol. The van der Waals surface area contributed by atoms with E-state index in [2.05, 4.69) is 24.3 Å². The van der Waals surface area contributed by atoms with E-state index in [0.29, 0.717) is 18.2 Å². The van der Waals surface area contributed by atoms with Gasteiger partial charge in [0.1, 0.15) is 5.82 Å². The second-order valence-corrected chi connectivity index (χ2v) is 5.32. The van der Waals surface area contributed by atoms with E-state index >= 15 is 0 Å². The van der Waals surface area contributed by atoms with Crippen molar-refractivity contribution in [3.63, 3.8) is 0 Å². The Bertz CT molecular complexity index is 605. The first-order valence-electron chi connectivity index (χ1n) is 7.83. The SMILES string of the molecule is CCC(CC)n1nccc1NC(=O)c1ccc(CCN)cc1.Cl. The molecule has 1 amide bonds. The molecular formula is C17H25ClN4O. The molecule has 0 fully saturated rings. The molecule has 0 saturated heterocycles. The third-order valence-electron chi connectivity index (χ3n) is 3.85. The van der Waals surface area contributed by atoms with Crippen LogP contribution in [0.5, 0.6) is 0 Å². The van der Waals surface area contributed by atoms with Gasteiger partial charge in [-0.1, -0.05) is 26.0 Å². The first-order valence-corrected chi connectivity index (χ1v) is 7.83. The number of nitrogens with zero attached hydrogens (tertiary/aromatic N) is 2. The number of nitrogens with two attached hydrogens (primary N) is 1. The summed E-state index contributed by atoms with van der Waals surface area (Å²) in [6.07, 6.45) is 4.51. The molecule has 1 heterocycles. The Labute approximate surface area is 143 Å². The van der Waals surface area contributed by atoms with Gasteiger partial charge in [0.05, 0.1) is 12.2 Å². The van der Waals surface area contributed by atoms with Gasteiger partial charge in [-0.25, -0.2) is 4.68 Å². The largest absolute Gasteiger partial charge is 0.330 e. The number of nitrogens with one attached hydrogen (secondary N) is 1. The maximum absolute atomic E-state index is 12.4. The van der Waals surface area contributed by atoms with E-state index in [1.165, 1.54) is 0 Å². The molecule has 0 radical (unpaired) electrons. The lowest BCUT2D eigenvalue weighted by atomic mass is 10.1. The van der Waals surface area contributed by atoms with Crippen LogP contribution in [-0.2, 0) is 6.42 Å². The molecule has 0 aliphatic rings. The van der Waals surface area contributed by atoms with Gasteiger partial charge in [-0.05, 0) is 43.5 Å². The Hall–Kier alpha value is -1.85. The molecule has 2 rings (SSSR count). The molecule has 0 saturated carbocycles. The molecule has 0 aliphatic carbocycles. The first-order chi connectivity index (χ1) is 10.7. The summed E-state index contributed by atoms with van der Waals surface area (Å²) >= 11 is 0. The lowest BCUT2D eigenvalue weighted by molar-refractivity contribution is 0.102. The lowest BCUT2D eigenvalue weighted by Gasteiger charge is -2.17. The minimum Gasteiger partial charge on any atom is -0.330 e. The van der Waals surface area contributed by atoms with Gasteiger partial charge in [-0.3, -0.25) is 4.79 Å². The van der Waals surface area contributed by atoms with Crippen LogP contribution in [0.3, 0.4) is 0 Å². The van der Waals surface area contributed by atoms with Crippen molar-refractivity contribution in [3.8, 4) is 0 Å². The molecule has 0 unspecified atom stereocenters. The first kappa shape index (κ1) is 19.2. The quantitative estimate of drug-likeness (QED) is 0.813. The highest BCUT2D eigenvalue weighted by Gasteiger charge is 2.14. The second-order valence-electron chi connectivity index (χ2n) is 5.32. The predicted molar refractivity (Wildman–Crippen MR) is 96.2 cm³/mol. The summed E-state index contributed by atoms with van der Waals surface area (Å²) in [6.45, 7) is 4.86. The van der Waals surface area contributed by atoms with Crippen molar-refractivity contribution >= 4 is 24.1 Å². The molecule has 1 aromatic carbocycles. The van der Waals surface area contributed by atoms with Gasteiger partial charge >= 0.3 is 0 Å². The number of hydrogen-bond donors (Lipinski definition) is 2. The average Bonchev–Trinajstić information content (AvgIpc) is 2.98. The van der Waals surface area contributed by atoms with Crippen LogP contribution in [0, 0.1) is 0 Å². The Kier molecular flexibility index (Phi) is 7.78. The van der Waals surface area contributed by atoms with E-state index in [9.17, 15) is 4.79 Å². The van der Waals surface area contributed by atoms with E-state index in [4.69, 9.17) is 5.73 Å². The van der Waals surface area contributed by atoms with E-state index in [0.717, 1.165) is 30.6 Å². The van der Waals surface area contributed by atoms with Gasteiger partial charge < -0.3 is 11.1 Å². The number of halogens is 1. The standard InChI is InChI=1S/C17H24N4O.ClH/c1-3-15(4-2)21-16(10-12-19-21)20-17(22)14-7-5-13(6-8-14)9-11-18;/h5-8,10,12,15H,3-4,9,11,18H2,1-2H3,(H,20,22);1H. The van der Waals surface area contributed by atoms with E-state index in [1.54, 1.807) is 6.20 Å². The van der Waals surface area contributed by atoms with Crippen molar-refractivity contribution in [2.75, 3.05) is 11.9 Å². The van der Waals surface area contributed by atoms with Crippen LogP contribution in [0.4, 0.5) is 5.82 Å². The number of rotatable bonds is 7. The summed E-state index contributed by atoms with van der Waals surface area (Å²) < 4.78 is 1.89. The third-order valence-corrected chi connectivity index (χ3v) is 3.85. The summed E-state index contributed by atoms with van der Waals surface area (Å²) in [5.74, 6) is 0.622. The maximum atomic E-state index is 12.4. The Balaban J connectivity index is 0.00000264. The van der Waals surface area contributed by atoms with Crippen molar-refractivity contribution in [3.05, 3.63) is 47.7 Å². The highest BCUT2D eigenvalue weighted by atomic mass is 35.5. The van der Waals surface area contributed by atoms with E-state index in [1.807, 2.05) is 35.0 Å². The molecule has 2 aromatic rings. The zero-order valence-electron chi connectivity index (χ0n) is 13.7. The van der Waals surface area contributed by atoms with Crippen LogP contribution in [0.25, 0.3) is 0 Å². The normalized spacial score (nSPS) is 10.4. The Morgan fingerprint density at radius 1 is 1.22 bits per heavy atom. The van der Waals surface area contributed by atoms with Gasteiger partial charge in [0, 0.05) is 11.6 Å². The van der Waals surface area contributed by atoms with Crippen molar-refractivity contribution < 1.29 is 4.79 Å². The molecule has 0 bridgehead atoms. The summed E-state index contributed by atoms with van der Waals surface area (Å²) in [6, 6.07) is 9.69.